The number of hydrogen-bond donors (Lipinski definition) is 1. The second-order valence-corrected chi connectivity index (χ2v) is 5.90. The maximum absolute atomic E-state index is 12.1. The van der Waals surface area contributed by atoms with Crippen LogP contribution in [0.25, 0.3) is 0 Å². The minimum Gasteiger partial charge on any atom is -0.476 e. The molecule has 1 heterocycles. The molecule has 0 radical (unpaired) electrons. The summed E-state index contributed by atoms with van der Waals surface area (Å²) >= 11 is 1.04. The van der Waals surface area contributed by atoms with E-state index in [0.717, 1.165) is 27.8 Å². The summed E-state index contributed by atoms with van der Waals surface area (Å²) < 4.78 is 5.21. The zero-order valence-corrected chi connectivity index (χ0v) is 14.3. The van der Waals surface area contributed by atoms with Gasteiger partial charge in [0.05, 0.1) is 0 Å². The van der Waals surface area contributed by atoms with Crippen molar-refractivity contribution in [2.75, 3.05) is 11.9 Å². The van der Waals surface area contributed by atoms with Gasteiger partial charge in [-0.3, -0.25) is 4.79 Å². The van der Waals surface area contributed by atoms with Crippen molar-refractivity contribution < 1.29 is 14.5 Å². The first-order valence-electron chi connectivity index (χ1n) is 7.11. The van der Waals surface area contributed by atoms with Gasteiger partial charge in [-0.15, -0.1) is 0 Å². The van der Waals surface area contributed by atoms with E-state index in [4.69, 9.17) is 10.00 Å². The van der Waals surface area contributed by atoms with Gasteiger partial charge in [-0.1, -0.05) is 0 Å². The second-order valence-electron chi connectivity index (χ2n) is 5.04. The molecule has 1 amide bonds. The van der Waals surface area contributed by atoms with Gasteiger partial charge in [-0.25, -0.2) is 0 Å². The summed E-state index contributed by atoms with van der Waals surface area (Å²) in [5.74, 6) is -0.970. The minimum atomic E-state index is -0.673. The number of pyridine rings is 1. The highest BCUT2D eigenvalue weighted by Gasteiger charge is 2.17. The molecule has 2 rings (SSSR count). The molecule has 25 heavy (non-hydrogen) atoms. The predicted molar refractivity (Wildman–Crippen MR) is 92.4 cm³/mol. The highest BCUT2D eigenvalue weighted by Crippen LogP contribution is 2.28. The molecule has 1 aromatic heterocycles. The van der Waals surface area contributed by atoms with Gasteiger partial charge in [0, 0.05) is 10.6 Å². The summed E-state index contributed by atoms with van der Waals surface area (Å²) in [5, 5.41) is 24.3. The van der Waals surface area contributed by atoms with Gasteiger partial charge in [0.2, 0.25) is 5.75 Å². The van der Waals surface area contributed by atoms with Crippen molar-refractivity contribution in [1.82, 2.24) is 4.98 Å². The van der Waals surface area contributed by atoms with Crippen molar-refractivity contribution in [3.63, 3.8) is 0 Å². The van der Waals surface area contributed by atoms with Crippen LogP contribution in [-0.2, 0) is 4.79 Å². The normalized spacial score (nSPS) is 9.96. The topological polar surface area (TPSA) is 118 Å². The van der Waals surface area contributed by atoms with Crippen LogP contribution in [0.4, 0.5) is 11.5 Å². The van der Waals surface area contributed by atoms with E-state index in [-0.39, 0.29) is 12.4 Å². The van der Waals surface area contributed by atoms with Gasteiger partial charge >= 0.3 is 5.82 Å². The Morgan fingerprint density at radius 3 is 2.72 bits per heavy atom. The Morgan fingerprint density at radius 2 is 2.12 bits per heavy atom. The van der Waals surface area contributed by atoms with E-state index >= 15 is 0 Å². The van der Waals surface area contributed by atoms with E-state index in [1.165, 1.54) is 18.3 Å². The average molecular weight is 358 g/mol. The first-order chi connectivity index (χ1) is 11.9. The van der Waals surface area contributed by atoms with Crippen LogP contribution in [0.1, 0.15) is 11.1 Å². The Bertz CT molecular complexity index is 840. The number of thioether (sulfide) groups is 1. The van der Waals surface area contributed by atoms with Crippen molar-refractivity contribution in [2.24, 2.45) is 0 Å². The van der Waals surface area contributed by atoms with Gasteiger partial charge in [0.25, 0.3) is 5.91 Å². The Balaban J connectivity index is 2.07. The third-order valence-electron chi connectivity index (χ3n) is 3.22. The highest BCUT2D eigenvalue weighted by atomic mass is 32.2. The van der Waals surface area contributed by atoms with Crippen LogP contribution in [0.15, 0.2) is 35.4 Å². The number of benzene rings is 1. The Kier molecular flexibility index (Phi) is 5.92. The molecule has 0 unspecified atom stereocenters. The number of ether oxygens (including phenoxy) is 1. The molecule has 8 nitrogen and oxygen atoms in total. The lowest BCUT2D eigenvalue weighted by Crippen LogP contribution is -2.21. The monoisotopic (exact) mass is 358 g/mol. The van der Waals surface area contributed by atoms with Crippen LogP contribution in [0.2, 0.25) is 0 Å². The summed E-state index contributed by atoms with van der Waals surface area (Å²) in [6, 6.07) is 6.45. The number of aryl methyl sites for hydroxylation is 2. The minimum absolute atomic E-state index is 0.0724. The third kappa shape index (κ3) is 4.68. The van der Waals surface area contributed by atoms with E-state index in [2.05, 4.69) is 10.3 Å². The largest absolute Gasteiger partial charge is 0.476 e. The van der Waals surface area contributed by atoms with Crippen LogP contribution in [-0.4, -0.2) is 22.4 Å². The molecule has 1 aromatic carbocycles. The lowest BCUT2D eigenvalue weighted by Gasteiger charge is -2.13. The number of nitriles is 1. The number of carbonyl (C=O) groups excluding carboxylic acids is 1. The predicted octanol–water partition coefficient (Wildman–Crippen LogP) is 3.20. The molecule has 0 atom stereocenters. The van der Waals surface area contributed by atoms with Crippen molar-refractivity contribution in [3.8, 4) is 11.2 Å². The Morgan fingerprint density at radius 1 is 1.44 bits per heavy atom. The van der Waals surface area contributed by atoms with Gasteiger partial charge in [0.15, 0.2) is 6.61 Å². The lowest BCUT2D eigenvalue weighted by molar-refractivity contribution is -0.390. The molecule has 0 bridgehead atoms. The number of nitrogens with zero attached hydrogens (tertiary/aromatic N) is 3. The van der Waals surface area contributed by atoms with Gasteiger partial charge in [-0.2, -0.15) is 5.26 Å². The maximum atomic E-state index is 12.1. The quantitative estimate of drug-likeness (QED) is 0.364. The Labute approximate surface area is 148 Å². The van der Waals surface area contributed by atoms with Gasteiger partial charge < -0.3 is 20.2 Å². The van der Waals surface area contributed by atoms with E-state index in [9.17, 15) is 14.9 Å². The summed E-state index contributed by atoms with van der Waals surface area (Å²) in [4.78, 5) is 26.7. The summed E-state index contributed by atoms with van der Waals surface area (Å²) in [6.07, 6.45) is 1.28. The fraction of sp³-hybridized carbons (Fsp3) is 0.188. The molecule has 0 aliphatic carbocycles. The van der Waals surface area contributed by atoms with Crippen molar-refractivity contribution in [1.29, 1.82) is 5.26 Å². The summed E-state index contributed by atoms with van der Waals surface area (Å²) in [5.41, 5.74) is 2.23. The van der Waals surface area contributed by atoms with E-state index in [0.29, 0.717) is 5.69 Å². The lowest BCUT2D eigenvalue weighted by atomic mass is 10.1. The molecule has 0 aliphatic heterocycles. The highest BCUT2D eigenvalue weighted by molar-refractivity contribution is 8.03. The number of aromatic nitrogens is 1. The van der Waals surface area contributed by atoms with Crippen LogP contribution in [0, 0.1) is 34.6 Å². The molecule has 0 aliphatic rings. The number of hydrogen-bond acceptors (Lipinski definition) is 7. The number of nitro groups is 1. The number of thiocyanates is 1. The summed E-state index contributed by atoms with van der Waals surface area (Å²) in [6.45, 7) is 3.24. The first kappa shape index (κ1) is 18.2. The molecule has 0 fully saturated rings. The zero-order chi connectivity index (χ0) is 18.4. The van der Waals surface area contributed by atoms with Crippen LogP contribution in [0.5, 0.6) is 5.75 Å². The van der Waals surface area contributed by atoms with Crippen LogP contribution in [0.3, 0.4) is 0 Å². The third-order valence-corrected chi connectivity index (χ3v) is 3.78. The molecular weight excluding hydrogens is 344 g/mol. The Hall–Kier alpha value is -3.12. The number of carbonyl (C=O) groups is 1. The number of amides is 1. The molecule has 2 aromatic rings. The summed E-state index contributed by atoms with van der Waals surface area (Å²) in [7, 11) is 0. The van der Waals surface area contributed by atoms with Crippen LogP contribution < -0.4 is 10.1 Å². The maximum Gasteiger partial charge on any atom is 0.406 e. The van der Waals surface area contributed by atoms with E-state index in [1.807, 2.05) is 19.2 Å². The molecular formula is C16H14N4O4S. The van der Waals surface area contributed by atoms with Crippen molar-refractivity contribution in [3.05, 3.63) is 51.7 Å². The average Bonchev–Trinajstić information content (AvgIpc) is 2.57. The second kappa shape index (κ2) is 8.12. The molecule has 0 saturated carbocycles. The fourth-order valence-corrected chi connectivity index (χ4v) is 2.76. The molecule has 9 heteroatoms. The van der Waals surface area contributed by atoms with E-state index in [1.54, 1.807) is 12.1 Å². The standard InChI is InChI=1S/C16H14N4O4S/c1-10-6-12(25-9-17)7-11(2)15(10)19-14(21)8-24-13-4-3-5-18-16(13)20(22)23/h3-7H,8H2,1-2H3,(H,19,21). The fourth-order valence-electron chi connectivity index (χ4n) is 2.18. The molecule has 1 N–H and O–H groups in total. The number of rotatable bonds is 6. The van der Waals surface area contributed by atoms with E-state index < -0.39 is 16.6 Å². The zero-order valence-electron chi connectivity index (χ0n) is 13.5. The smallest absolute Gasteiger partial charge is 0.406 e. The van der Waals surface area contributed by atoms with Crippen LogP contribution >= 0.6 is 11.8 Å². The van der Waals surface area contributed by atoms with Gasteiger partial charge in [-0.05, 0) is 70.9 Å². The first-order valence-corrected chi connectivity index (χ1v) is 7.93. The molecule has 0 saturated heterocycles. The molecule has 0 spiro atoms. The number of nitrogens with one attached hydrogen (secondary N) is 1. The molecule has 128 valence electrons. The number of anilines is 1. The van der Waals surface area contributed by atoms with Crippen molar-refractivity contribution in [2.45, 2.75) is 18.7 Å². The van der Waals surface area contributed by atoms with Gasteiger partial charge in [0.1, 0.15) is 11.6 Å². The SMILES string of the molecule is Cc1cc(SC#N)cc(C)c1NC(=O)COc1cccnc1[N+](=O)[O-]. The van der Waals surface area contributed by atoms with Crippen molar-refractivity contribution >= 4 is 29.2 Å².